The molecule has 1 amide bonds. The SMILES string of the molecule is COc1cc2c(cc1NC(=O)COc1c(OC)cc(C)cc1OC)oc1ccccc12. The highest BCUT2D eigenvalue weighted by atomic mass is 16.5. The van der Waals surface area contributed by atoms with Gasteiger partial charge in [-0.2, -0.15) is 0 Å². The number of fused-ring (bicyclic) bond motifs is 3. The molecular formula is C24H23NO6. The summed E-state index contributed by atoms with van der Waals surface area (Å²) in [7, 11) is 4.63. The number of anilines is 1. The molecule has 0 saturated heterocycles. The summed E-state index contributed by atoms with van der Waals surface area (Å²) >= 11 is 0. The first-order valence-electron chi connectivity index (χ1n) is 9.68. The van der Waals surface area contributed by atoms with E-state index in [0.29, 0.717) is 34.3 Å². The molecule has 0 fully saturated rings. The Bertz CT molecular complexity index is 1230. The number of furan rings is 1. The minimum Gasteiger partial charge on any atom is -0.495 e. The Morgan fingerprint density at radius 2 is 1.55 bits per heavy atom. The maximum absolute atomic E-state index is 12.6. The van der Waals surface area contributed by atoms with Gasteiger partial charge in [0.25, 0.3) is 5.91 Å². The standard InChI is InChI=1S/C24H23NO6/c1-14-9-21(28-3)24(22(10-14)29-4)30-13-23(26)25-17-12-19-16(11-20(17)27-2)15-7-5-6-8-18(15)31-19/h5-12H,13H2,1-4H3,(H,25,26). The fourth-order valence-corrected chi connectivity index (χ4v) is 3.50. The maximum atomic E-state index is 12.6. The molecule has 0 atom stereocenters. The molecule has 4 rings (SSSR count). The average Bonchev–Trinajstić information content (AvgIpc) is 3.14. The zero-order valence-corrected chi connectivity index (χ0v) is 17.8. The van der Waals surface area contributed by atoms with E-state index in [1.807, 2.05) is 49.4 Å². The number of rotatable bonds is 7. The molecule has 0 radical (unpaired) electrons. The van der Waals surface area contributed by atoms with Gasteiger partial charge in [-0.1, -0.05) is 18.2 Å². The molecule has 0 aliphatic heterocycles. The van der Waals surface area contributed by atoms with Crippen LogP contribution in [-0.4, -0.2) is 33.8 Å². The van der Waals surface area contributed by atoms with Gasteiger partial charge >= 0.3 is 0 Å². The van der Waals surface area contributed by atoms with Gasteiger partial charge in [-0.3, -0.25) is 4.79 Å². The Kier molecular flexibility index (Phi) is 5.58. The normalized spacial score (nSPS) is 10.8. The van der Waals surface area contributed by atoms with E-state index in [9.17, 15) is 4.79 Å². The van der Waals surface area contributed by atoms with Crippen LogP contribution in [0.5, 0.6) is 23.0 Å². The molecule has 3 aromatic carbocycles. The number of methoxy groups -OCH3 is 3. The van der Waals surface area contributed by atoms with E-state index in [0.717, 1.165) is 21.9 Å². The van der Waals surface area contributed by atoms with Crippen molar-refractivity contribution < 1.29 is 28.2 Å². The number of carbonyl (C=O) groups excluding carboxylic acids is 1. The fraction of sp³-hybridized carbons (Fsp3) is 0.208. The van der Waals surface area contributed by atoms with Crippen LogP contribution in [0.4, 0.5) is 5.69 Å². The molecule has 31 heavy (non-hydrogen) atoms. The van der Waals surface area contributed by atoms with Gasteiger partial charge in [-0.05, 0) is 36.8 Å². The van der Waals surface area contributed by atoms with Crippen LogP contribution in [0.15, 0.2) is 52.9 Å². The van der Waals surface area contributed by atoms with Gasteiger partial charge in [0.2, 0.25) is 5.75 Å². The number of hydrogen-bond donors (Lipinski definition) is 1. The summed E-state index contributed by atoms with van der Waals surface area (Å²) in [5.41, 5.74) is 2.87. The molecule has 0 bridgehead atoms. The Hall–Kier alpha value is -3.87. The van der Waals surface area contributed by atoms with Crippen molar-refractivity contribution >= 4 is 33.5 Å². The molecular weight excluding hydrogens is 398 g/mol. The highest BCUT2D eigenvalue weighted by Crippen LogP contribution is 2.39. The van der Waals surface area contributed by atoms with Gasteiger partial charge in [0.05, 0.1) is 27.0 Å². The lowest BCUT2D eigenvalue weighted by molar-refractivity contribution is -0.118. The van der Waals surface area contributed by atoms with Crippen molar-refractivity contribution in [3.8, 4) is 23.0 Å². The molecule has 0 aliphatic rings. The monoisotopic (exact) mass is 421 g/mol. The van der Waals surface area contributed by atoms with Crippen molar-refractivity contribution in [2.75, 3.05) is 33.3 Å². The summed E-state index contributed by atoms with van der Waals surface area (Å²) < 4.78 is 27.8. The zero-order valence-electron chi connectivity index (χ0n) is 17.8. The average molecular weight is 421 g/mol. The fourth-order valence-electron chi connectivity index (χ4n) is 3.50. The molecule has 0 spiro atoms. The van der Waals surface area contributed by atoms with Crippen molar-refractivity contribution in [1.29, 1.82) is 0 Å². The van der Waals surface area contributed by atoms with Crippen molar-refractivity contribution in [3.63, 3.8) is 0 Å². The van der Waals surface area contributed by atoms with Gasteiger partial charge < -0.3 is 28.7 Å². The number of aryl methyl sites for hydroxylation is 1. The first-order valence-corrected chi connectivity index (χ1v) is 9.68. The highest BCUT2D eigenvalue weighted by molar-refractivity contribution is 6.07. The molecule has 160 valence electrons. The smallest absolute Gasteiger partial charge is 0.262 e. The van der Waals surface area contributed by atoms with E-state index in [4.69, 9.17) is 23.4 Å². The van der Waals surface area contributed by atoms with E-state index >= 15 is 0 Å². The predicted molar refractivity (Wildman–Crippen MR) is 119 cm³/mol. The van der Waals surface area contributed by atoms with Gasteiger partial charge in [0.1, 0.15) is 16.9 Å². The number of benzene rings is 3. The van der Waals surface area contributed by atoms with E-state index < -0.39 is 0 Å². The number of para-hydroxylation sites is 1. The van der Waals surface area contributed by atoms with Crippen molar-refractivity contribution in [2.24, 2.45) is 0 Å². The van der Waals surface area contributed by atoms with Gasteiger partial charge in [0.15, 0.2) is 18.1 Å². The first kappa shape index (κ1) is 20.4. The Balaban J connectivity index is 1.57. The Morgan fingerprint density at radius 3 is 2.23 bits per heavy atom. The summed E-state index contributed by atoms with van der Waals surface area (Å²) in [6, 6.07) is 15.0. The van der Waals surface area contributed by atoms with Crippen LogP contribution in [0.2, 0.25) is 0 Å². The van der Waals surface area contributed by atoms with Gasteiger partial charge in [-0.15, -0.1) is 0 Å². The molecule has 4 aromatic rings. The zero-order chi connectivity index (χ0) is 22.0. The third-order valence-corrected chi connectivity index (χ3v) is 4.93. The maximum Gasteiger partial charge on any atom is 0.262 e. The lowest BCUT2D eigenvalue weighted by atomic mass is 10.1. The Morgan fingerprint density at radius 1 is 0.871 bits per heavy atom. The first-order chi connectivity index (χ1) is 15.0. The van der Waals surface area contributed by atoms with Crippen LogP contribution in [0, 0.1) is 6.92 Å². The summed E-state index contributed by atoms with van der Waals surface area (Å²) in [6.07, 6.45) is 0. The third kappa shape index (κ3) is 3.94. The summed E-state index contributed by atoms with van der Waals surface area (Å²) in [5, 5.41) is 4.72. The number of ether oxygens (including phenoxy) is 4. The molecule has 1 N–H and O–H groups in total. The number of amides is 1. The van der Waals surface area contributed by atoms with Crippen LogP contribution in [0.1, 0.15) is 5.56 Å². The predicted octanol–water partition coefficient (Wildman–Crippen LogP) is 4.94. The minimum absolute atomic E-state index is 0.239. The largest absolute Gasteiger partial charge is 0.495 e. The molecule has 1 heterocycles. The van der Waals surface area contributed by atoms with E-state index in [2.05, 4.69) is 5.32 Å². The topological polar surface area (TPSA) is 79.2 Å². The quantitative estimate of drug-likeness (QED) is 0.455. The van der Waals surface area contributed by atoms with Gasteiger partial charge in [-0.25, -0.2) is 0 Å². The lowest BCUT2D eigenvalue weighted by Crippen LogP contribution is -2.21. The van der Waals surface area contributed by atoms with E-state index in [1.165, 1.54) is 14.2 Å². The second kappa shape index (κ2) is 8.47. The second-order valence-corrected chi connectivity index (χ2v) is 6.98. The summed E-state index contributed by atoms with van der Waals surface area (Å²) in [4.78, 5) is 12.6. The molecule has 0 unspecified atom stereocenters. The molecule has 1 aromatic heterocycles. The number of nitrogens with one attached hydrogen (secondary N) is 1. The van der Waals surface area contributed by atoms with Crippen molar-refractivity contribution in [1.82, 2.24) is 0 Å². The number of carbonyl (C=O) groups is 1. The number of hydrogen-bond acceptors (Lipinski definition) is 6. The van der Waals surface area contributed by atoms with Crippen molar-refractivity contribution in [2.45, 2.75) is 6.92 Å². The molecule has 0 aliphatic carbocycles. The Labute approximate surface area is 179 Å². The van der Waals surface area contributed by atoms with Crippen LogP contribution in [0.25, 0.3) is 21.9 Å². The van der Waals surface area contributed by atoms with Crippen LogP contribution in [0.3, 0.4) is 0 Å². The highest BCUT2D eigenvalue weighted by Gasteiger charge is 2.17. The summed E-state index contributed by atoms with van der Waals surface area (Å²) in [5.74, 6) is 1.51. The summed E-state index contributed by atoms with van der Waals surface area (Å²) in [6.45, 7) is 1.68. The van der Waals surface area contributed by atoms with E-state index in [-0.39, 0.29) is 12.5 Å². The third-order valence-electron chi connectivity index (χ3n) is 4.93. The van der Waals surface area contributed by atoms with Crippen LogP contribution >= 0.6 is 0 Å². The van der Waals surface area contributed by atoms with Gasteiger partial charge in [0, 0.05) is 16.8 Å². The van der Waals surface area contributed by atoms with Crippen LogP contribution < -0.4 is 24.3 Å². The van der Waals surface area contributed by atoms with Crippen molar-refractivity contribution in [3.05, 3.63) is 54.1 Å². The molecule has 7 heteroatoms. The second-order valence-electron chi connectivity index (χ2n) is 6.98. The van der Waals surface area contributed by atoms with E-state index in [1.54, 1.807) is 13.2 Å². The lowest BCUT2D eigenvalue weighted by Gasteiger charge is -2.15. The minimum atomic E-state index is -0.363. The van der Waals surface area contributed by atoms with Crippen LogP contribution in [-0.2, 0) is 4.79 Å². The molecule has 0 saturated carbocycles. The molecule has 7 nitrogen and oxygen atoms in total.